The number of hydrogen-bond acceptors (Lipinski definition) is 4. The van der Waals surface area contributed by atoms with E-state index in [4.69, 9.17) is 9.47 Å². The van der Waals surface area contributed by atoms with E-state index in [1.54, 1.807) is 0 Å². The fraction of sp³-hybridized carbons (Fsp3) is 0.423. The van der Waals surface area contributed by atoms with Crippen LogP contribution in [0.2, 0.25) is 0 Å². The molecule has 56 heavy (non-hydrogen) atoms. The van der Waals surface area contributed by atoms with E-state index in [2.05, 4.69) is 193 Å². The monoisotopic (exact) mass is 780 g/mol. The van der Waals surface area contributed by atoms with Crippen molar-refractivity contribution in [2.45, 2.75) is 117 Å². The summed E-state index contributed by atoms with van der Waals surface area (Å²) in [7, 11) is 3.62. The molecule has 0 aliphatic carbocycles. The van der Waals surface area contributed by atoms with Gasteiger partial charge in [0.15, 0.2) is 0 Å². The highest BCUT2D eigenvalue weighted by Gasteiger charge is 2.51. The van der Waals surface area contributed by atoms with Crippen molar-refractivity contribution in [3.8, 4) is 23.7 Å². The van der Waals surface area contributed by atoms with Crippen molar-refractivity contribution in [3.05, 3.63) is 95.6 Å². The highest BCUT2D eigenvalue weighted by atomic mass is 32.2. The lowest BCUT2D eigenvalue weighted by Crippen LogP contribution is -2.53. The SMILES string of the molecule is CCc1ccc(Sc2cc3cc4c(C#CC(OC)(C(C)(C)C)C(C)(C)C)c5cc6ccccc6cc5c(C#CC(OC)(C(C)(C)C)C(C)(C)C)c4cc3s2)cc1. The number of rotatable bonds is 5. The highest BCUT2D eigenvalue weighted by Crippen LogP contribution is 2.49. The molecule has 4 heteroatoms. The second kappa shape index (κ2) is 14.9. The molecular formula is C52H60O2S2. The lowest BCUT2D eigenvalue weighted by Gasteiger charge is -2.48. The quantitative estimate of drug-likeness (QED) is 0.128. The van der Waals surface area contributed by atoms with Crippen molar-refractivity contribution in [3.63, 3.8) is 0 Å². The van der Waals surface area contributed by atoms with Crippen LogP contribution in [0.1, 0.15) is 107 Å². The molecule has 0 radical (unpaired) electrons. The first-order chi connectivity index (χ1) is 26.1. The van der Waals surface area contributed by atoms with Crippen LogP contribution in [0.3, 0.4) is 0 Å². The minimum Gasteiger partial charge on any atom is -0.364 e. The van der Waals surface area contributed by atoms with Gasteiger partial charge in [-0.25, -0.2) is 0 Å². The van der Waals surface area contributed by atoms with Crippen LogP contribution in [0.5, 0.6) is 0 Å². The molecule has 0 unspecified atom stereocenters. The van der Waals surface area contributed by atoms with Crippen LogP contribution in [0.15, 0.2) is 88.0 Å². The Morgan fingerprint density at radius 2 is 0.946 bits per heavy atom. The van der Waals surface area contributed by atoms with Gasteiger partial charge < -0.3 is 9.47 Å². The van der Waals surface area contributed by atoms with E-state index in [1.807, 2.05) is 37.3 Å². The van der Waals surface area contributed by atoms with Gasteiger partial charge in [0.25, 0.3) is 0 Å². The smallest absolute Gasteiger partial charge is 0.138 e. The van der Waals surface area contributed by atoms with Crippen LogP contribution < -0.4 is 0 Å². The van der Waals surface area contributed by atoms with Crippen molar-refractivity contribution < 1.29 is 9.47 Å². The summed E-state index contributed by atoms with van der Waals surface area (Å²) in [5.41, 5.74) is 0.860. The van der Waals surface area contributed by atoms with Crippen LogP contribution in [0.25, 0.3) is 42.4 Å². The Morgan fingerprint density at radius 1 is 0.536 bits per heavy atom. The Hall–Kier alpha value is -3.77. The summed E-state index contributed by atoms with van der Waals surface area (Å²) in [6.45, 7) is 29.0. The van der Waals surface area contributed by atoms with Gasteiger partial charge in [0.05, 0.1) is 4.21 Å². The van der Waals surface area contributed by atoms with Gasteiger partial charge in [-0.1, -0.05) is 162 Å². The molecule has 0 atom stereocenters. The Morgan fingerprint density at radius 3 is 1.34 bits per heavy atom. The van der Waals surface area contributed by atoms with Gasteiger partial charge >= 0.3 is 0 Å². The molecule has 0 saturated carbocycles. The molecular weight excluding hydrogens is 721 g/mol. The number of ether oxygens (including phenoxy) is 2. The molecule has 0 N–H and O–H groups in total. The third kappa shape index (κ3) is 7.29. The van der Waals surface area contributed by atoms with Crippen LogP contribution in [0, 0.1) is 45.3 Å². The molecule has 1 aromatic heterocycles. The van der Waals surface area contributed by atoms with Crippen molar-refractivity contribution in [1.29, 1.82) is 0 Å². The molecule has 0 bridgehead atoms. The Bertz CT molecular complexity index is 2370. The molecule has 0 aliphatic rings. The molecule has 0 saturated heterocycles. The molecule has 6 aromatic rings. The summed E-state index contributed by atoms with van der Waals surface area (Å²) in [4.78, 5) is 1.24. The van der Waals surface area contributed by atoms with Gasteiger partial charge in [-0.3, -0.25) is 0 Å². The maximum Gasteiger partial charge on any atom is 0.138 e. The van der Waals surface area contributed by atoms with E-state index in [9.17, 15) is 0 Å². The average Bonchev–Trinajstić information content (AvgIpc) is 3.50. The van der Waals surface area contributed by atoms with Crippen molar-refractivity contribution >= 4 is 65.5 Å². The first kappa shape index (κ1) is 41.9. The second-order valence-electron chi connectivity index (χ2n) is 19.4. The van der Waals surface area contributed by atoms with Crippen molar-refractivity contribution in [2.24, 2.45) is 21.7 Å². The average molecular weight is 781 g/mol. The number of fused-ring (bicyclic) bond motifs is 4. The number of thiophene rings is 1. The summed E-state index contributed by atoms with van der Waals surface area (Å²) in [5, 5.41) is 7.94. The van der Waals surface area contributed by atoms with Crippen molar-refractivity contribution in [1.82, 2.24) is 0 Å². The fourth-order valence-electron chi connectivity index (χ4n) is 9.28. The van der Waals surface area contributed by atoms with Gasteiger partial charge in [0, 0.05) is 62.0 Å². The number of aryl methyl sites for hydroxylation is 1. The zero-order valence-corrected chi connectivity index (χ0v) is 38.0. The molecule has 2 nitrogen and oxygen atoms in total. The molecule has 0 amide bonds. The Kier molecular flexibility index (Phi) is 11.1. The molecule has 0 spiro atoms. The molecule has 5 aromatic carbocycles. The Labute approximate surface area is 345 Å². The number of benzene rings is 5. The maximum absolute atomic E-state index is 6.49. The van der Waals surface area contributed by atoms with Gasteiger partial charge in [-0.05, 0) is 86.8 Å². The second-order valence-corrected chi connectivity index (χ2v) is 21.8. The molecule has 0 fully saturated rings. The van der Waals surface area contributed by atoms with E-state index in [1.165, 1.54) is 35.5 Å². The predicted molar refractivity (Wildman–Crippen MR) is 245 cm³/mol. The number of methoxy groups -OCH3 is 2. The third-order valence-corrected chi connectivity index (χ3v) is 13.9. The summed E-state index contributed by atoms with van der Waals surface area (Å²) in [6, 6.07) is 29.3. The summed E-state index contributed by atoms with van der Waals surface area (Å²) >= 11 is 3.66. The normalized spacial score (nSPS) is 13.3. The number of hydrogen-bond donors (Lipinski definition) is 0. The van der Waals surface area contributed by atoms with Crippen LogP contribution >= 0.6 is 23.1 Å². The molecule has 292 valence electrons. The topological polar surface area (TPSA) is 18.5 Å². The standard InChI is InChI=1S/C52H60O2S2/c1-16-34-21-23-38(24-22-34)55-46-32-37-31-43-39(25-27-51(53-14,47(2,3)4)48(5,6)7)41-29-35-19-17-18-20-36(35)30-42(41)40(44(43)33-45(37)56-46)26-28-52(54-15,49(8,9)10)50(11,12)13/h17-24,29-33H,16H2,1-15H3. The predicted octanol–water partition coefficient (Wildman–Crippen LogP) is 14.7. The first-order valence-corrected chi connectivity index (χ1v) is 21.5. The van der Waals surface area contributed by atoms with E-state index in [0.717, 1.165) is 39.1 Å². The molecule has 0 aliphatic heterocycles. The summed E-state index contributed by atoms with van der Waals surface area (Å²) < 4.78 is 15.5. The minimum absolute atomic E-state index is 0.261. The minimum atomic E-state index is -0.727. The van der Waals surface area contributed by atoms with E-state index < -0.39 is 11.2 Å². The Balaban J connectivity index is 1.78. The first-order valence-electron chi connectivity index (χ1n) is 19.9. The van der Waals surface area contributed by atoms with Crippen LogP contribution in [-0.2, 0) is 15.9 Å². The lowest BCUT2D eigenvalue weighted by atomic mass is 9.62. The largest absolute Gasteiger partial charge is 0.364 e. The summed E-state index contributed by atoms with van der Waals surface area (Å²) in [6.07, 6.45) is 1.04. The molecule has 1 heterocycles. The zero-order chi connectivity index (χ0) is 41.1. The van der Waals surface area contributed by atoms with Gasteiger partial charge in [-0.2, -0.15) is 0 Å². The highest BCUT2D eigenvalue weighted by molar-refractivity contribution is 8.01. The van der Waals surface area contributed by atoms with Gasteiger partial charge in [0.2, 0.25) is 0 Å². The summed E-state index contributed by atoms with van der Waals surface area (Å²) in [5.74, 6) is 15.3. The van der Waals surface area contributed by atoms with E-state index in [-0.39, 0.29) is 21.7 Å². The van der Waals surface area contributed by atoms with Crippen LogP contribution in [0.4, 0.5) is 0 Å². The maximum atomic E-state index is 6.49. The molecule has 6 rings (SSSR count). The van der Waals surface area contributed by atoms with Crippen molar-refractivity contribution in [2.75, 3.05) is 14.2 Å². The van der Waals surface area contributed by atoms with E-state index in [0.29, 0.717) is 0 Å². The van der Waals surface area contributed by atoms with E-state index >= 15 is 0 Å². The lowest BCUT2D eigenvalue weighted by molar-refractivity contribution is -0.116. The van der Waals surface area contributed by atoms with Gasteiger partial charge in [0.1, 0.15) is 11.2 Å². The fourth-order valence-corrected chi connectivity index (χ4v) is 11.5. The zero-order valence-electron chi connectivity index (χ0n) is 36.3. The van der Waals surface area contributed by atoms with Gasteiger partial charge in [-0.15, -0.1) is 11.3 Å². The third-order valence-electron chi connectivity index (χ3n) is 11.7. The van der Waals surface area contributed by atoms with Crippen LogP contribution in [-0.4, -0.2) is 25.4 Å².